The van der Waals surface area contributed by atoms with Crippen LogP contribution in [0.15, 0.2) is 84.2 Å². The average Bonchev–Trinajstić information content (AvgIpc) is 3.27. The van der Waals surface area contributed by atoms with Gasteiger partial charge in [0.1, 0.15) is 11.5 Å². The zero-order chi connectivity index (χ0) is 21.5. The lowest BCUT2D eigenvalue weighted by molar-refractivity contribution is -0.118. The number of carbonyl (C=O) groups excluding carboxylic acids is 1. The van der Waals surface area contributed by atoms with Gasteiger partial charge in [0, 0.05) is 28.4 Å². The van der Waals surface area contributed by atoms with Gasteiger partial charge < -0.3 is 20.1 Å². The van der Waals surface area contributed by atoms with Gasteiger partial charge in [0.15, 0.2) is 11.7 Å². The number of hydrogen-bond donors (Lipinski definition) is 2. The molecule has 0 fully saturated rings. The first-order chi connectivity index (χ1) is 15.2. The Morgan fingerprint density at radius 3 is 2.55 bits per heavy atom. The van der Waals surface area contributed by atoms with Crippen LogP contribution in [0.5, 0.6) is 11.5 Å². The number of aromatic nitrogens is 1. The minimum absolute atomic E-state index is 0.0560. The highest BCUT2D eigenvalue weighted by molar-refractivity contribution is 7.14. The van der Waals surface area contributed by atoms with Crippen LogP contribution < -0.4 is 20.1 Å². The predicted octanol–water partition coefficient (Wildman–Crippen LogP) is 5.58. The summed E-state index contributed by atoms with van der Waals surface area (Å²) in [6.45, 7) is -0.0560. The summed E-state index contributed by atoms with van der Waals surface area (Å²) in [6, 6.07) is 24.5. The molecule has 0 saturated heterocycles. The Hall–Kier alpha value is -3.84. The molecular formula is C24H21N3O3S. The van der Waals surface area contributed by atoms with Crippen LogP contribution >= 0.6 is 11.3 Å². The Morgan fingerprint density at radius 2 is 1.71 bits per heavy atom. The zero-order valence-electron chi connectivity index (χ0n) is 16.9. The first-order valence-corrected chi connectivity index (χ1v) is 10.5. The average molecular weight is 432 g/mol. The van der Waals surface area contributed by atoms with Crippen LogP contribution in [0.1, 0.15) is 0 Å². The molecule has 156 valence electrons. The normalized spacial score (nSPS) is 10.4. The summed E-state index contributed by atoms with van der Waals surface area (Å²) in [5.74, 6) is 1.21. The molecule has 0 spiro atoms. The Bertz CT molecular complexity index is 1160. The van der Waals surface area contributed by atoms with Crippen molar-refractivity contribution >= 4 is 33.8 Å². The van der Waals surface area contributed by atoms with Crippen molar-refractivity contribution in [3.63, 3.8) is 0 Å². The van der Waals surface area contributed by atoms with Gasteiger partial charge in [-0.25, -0.2) is 4.98 Å². The molecule has 1 heterocycles. The van der Waals surface area contributed by atoms with E-state index in [9.17, 15) is 4.79 Å². The minimum Gasteiger partial charge on any atom is -0.497 e. The summed E-state index contributed by atoms with van der Waals surface area (Å²) < 4.78 is 10.7. The van der Waals surface area contributed by atoms with Crippen LogP contribution in [0.25, 0.3) is 11.3 Å². The molecule has 0 unspecified atom stereocenters. The highest BCUT2D eigenvalue weighted by Gasteiger charge is 2.08. The first kappa shape index (κ1) is 20.4. The number of benzene rings is 3. The van der Waals surface area contributed by atoms with E-state index in [1.807, 2.05) is 84.2 Å². The Labute approximate surface area is 184 Å². The summed E-state index contributed by atoms with van der Waals surface area (Å²) >= 11 is 1.51. The van der Waals surface area contributed by atoms with Crippen LogP contribution in [-0.2, 0) is 4.79 Å². The highest BCUT2D eigenvalue weighted by Crippen LogP contribution is 2.29. The van der Waals surface area contributed by atoms with E-state index in [0.29, 0.717) is 11.4 Å². The van der Waals surface area contributed by atoms with Gasteiger partial charge in [-0.2, -0.15) is 0 Å². The SMILES string of the molecule is COc1cccc(Nc2nc(-c3cccc(NC(=O)COc4ccccc4)c3)cs2)c1. The third kappa shape index (κ3) is 5.61. The van der Waals surface area contributed by atoms with Crippen LogP contribution in [0.2, 0.25) is 0 Å². The van der Waals surface area contributed by atoms with Gasteiger partial charge in [-0.3, -0.25) is 4.79 Å². The van der Waals surface area contributed by atoms with E-state index in [-0.39, 0.29) is 12.5 Å². The van der Waals surface area contributed by atoms with Gasteiger partial charge in [0.05, 0.1) is 12.8 Å². The molecule has 31 heavy (non-hydrogen) atoms. The largest absolute Gasteiger partial charge is 0.497 e. The molecule has 0 aliphatic carbocycles. The fourth-order valence-electron chi connectivity index (χ4n) is 2.91. The van der Waals surface area contributed by atoms with Crippen LogP contribution in [0, 0.1) is 0 Å². The third-order valence-corrected chi connectivity index (χ3v) is 5.14. The summed E-state index contributed by atoms with van der Waals surface area (Å²) in [6.07, 6.45) is 0. The molecule has 1 aromatic heterocycles. The van der Waals surface area contributed by atoms with Crippen LogP contribution in [0.3, 0.4) is 0 Å². The lowest BCUT2D eigenvalue weighted by Gasteiger charge is -2.08. The van der Waals surface area contributed by atoms with E-state index in [0.717, 1.165) is 27.8 Å². The second-order valence-electron chi connectivity index (χ2n) is 6.63. The summed E-state index contributed by atoms with van der Waals surface area (Å²) in [4.78, 5) is 16.9. The Kier molecular flexibility index (Phi) is 6.44. The molecule has 0 aliphatic rings. The van der Waals surface area contributed by atoms with E-state index in [1.54, 1.807) is 7.11 Å². The zero-order valence-corrected chi connectivity index (χ0v) is 17.7. The molecule has 3 aromatic carbocycles. The molecule has 0 atom stereocenters. The number of amides is 1. The molecule has 0 saturated carbocycles. The summed E-state index contributed by atoms with van der Waals surface area (Å²) in [5.41, 5.74) is 3.33. The molecule has 0 aliphatic heterocycles. The van der Waals surface area contributed by atoms with Crippen molar-refractivity contribution in [3.05, 3.63) is 84.2 Å². The molecule has 4 aromatic rings. The number of rotatable bonds is 8. The van der Waals surface area contributed by atoms with E-state index in [4.69, 9.17) is 9.47 Å². The van der Waals surface area contributed by atoms with E-state index < -0.39 is 0 Å². The second-order valence-corrected chi connectivity index (χ2v) is 7.48. The van der Waals surface area contributed by atoms with Gasteiger partial charge in [-0.1, -0.05) is 36.4 Å². The lowest BCUT2D eigenvalue weighted by atomic mass is 10.1. The molecule has 6 nitrogen and oxygen atoms in total. The standard InChI is InChI=1S/C24H21N3O3S/c1-29-21-12-6-9-19(14-21)26-24-27-22(16-31-24)17-7-5-8-18(13-17)25-23(28)15-30-20-10-3-2-4-11-20/h2-14,16H,15H2,1H3,(H,25,28)(H,26,27). The van der Waals surface area contributed by atoms with Gasteiger partial charge >= 0.3 is 0 Å². The van der Waals surface area contributed by atoms with Gasteiger partial charge in [-0.15, -0.1) is 11.3 Å². The van der Waals surface area contributed by atoms with Gasteiger partial charge in [0.25, 0.3) is 5.91 Å². The molecular weight excluding hydrogens is 410 g/mol. The maximum atomic E-state index is 12.2. The van der Waals surface area contributed by atoms with Gasteiger partial charge in [0.2, 0.25) is 0 Å². The second kappa shape index (κ2) is 9.77. The molecule has 0 radical (unpaired) electrons. The number of nitrogens with one attached hydrogen (secondary N) is 2. The van der Waals surface area contributed by atoms with Crippen molar-refractivity contribution in [2.75, 3.05) is 24.4 Å². The number of hydrogen-bond acceptors (Lipinski definition) is 6. The fourth-order valence-corrected chi connectivity index (χ4v) is 3.65. The Balaban J connectivity index is 1.39. The molecule has 1 amide bonds. The van der Waals surface area contributed by atoms with Crippen molar-refractivity contribution in [1.82, 2.24) is 4.98 Å². The molecule has 0 bridgehead atoms. The van der Waals surface area contributed by atoms with Crippen molar-refractivity contribution in [3.8, 4) is 22.8 Å². The smallest absolute Gasteiger partial charge is 0.262 e. The lowest BCUT2D eigenvalue weighted by Crippen LogP contribution is -2.20. The Morgan fingerprint density at radius 1 is 0.935 bits per heavy atom. The summed E-state index contributed by atoms with van der Waals surface area (Å²) in [7, 11) is 1.64. The van der Waals surface area contributed by atoms with E-state index in [2.05, 4.69) is 15.6 Å². The highest BCUT2D eigenvalue weighted by atomic mass is 32.1. The minimum atomic E-state index is -0.223. The number of methoxy groups -OCH3 is 1. The van der Waals surface area contributed by atoms with Crippen LogP contribution in [-0.4, -0.2) is 24.6 Å². The molecule has 4 rings (SSSR count). The predicted molar refractivity (Wildman–Crippen MR) is 124 cm³/mol. The van der Waals surface area contributed by atoms with Gasteiger partial charge in [-0.05, 0) is 36.4 Å². The maximum absolute atomic E-state index is 12.2. The number of carbonyl (C=O) groups is 1. The maximum Gasteiger partial charge on any atom is 0.262 e. The number of para-hydroxylation sites is 1. The number of anilines is 3. The first-order valence-electron chi connectivity index (χ1n) is 9.64. The van der Waals surface area contributed by atoms with Crippen molar-refractivity contribution in [1.29, 1.82) is 0 Å². The quantitative estimate of drug-likeness (QED) is 0.381. The summed E-state index contributed by atoms with van der Waals surface area (Å²) in [5, 5.41) is 8.90. The number of ether oxygens (including phenoxy) is 2. The van der Waals surface area contributed by atoms with Crippen LogP contribution in [0.4, 0.5) is 16.5 Å². The fraction of sp³-hybridized carbons (Fsp3) is 0.0833. The van der Waals surface area contributed by atoms with E-state index >= 15 is 0 Å². The van der Waals surface area contributed by atoms with Crippen molar-refractivity contribution < 1.29 is 14.3 Å². The number of nitrogens with zero attached hydrogens (tertiary/aromatic N) is 1. The third-order valence-electron chi connectivity index (χ3n) is 4.38. The topological polar surface area (TPSA) is 72.5 Å². The monoisotopic (exact) mass is 431 g/mol. The van der Waals surface area contributed by atoms with E-state index in [1.165, 1.54) is 11.3 Å². The van der Waals surface area contributed by atoms with Crippen molar-refractivity contribution in [2.24, 2.45) is 0 Å². The molecule has 7 heteroatoms. The van der Waals surface area contributed by atoms with Crippen molar-refractivity contribution in [2.45, 2.75) is 0 Å². The molecule has 2 N–H and O–H groups in total. The number of thiazole rings is 1.